The molecule has 0 bridgehead atoms. The van der Waals surface area contributed by atoms with Crippen LogP contribution in [0.2, 0.25) is 0 Å². The summed E-state index contributed by atoms with van der Waals surface area (Å²) in [6.07, 6.45) is 0.797. The van der Waals surface area contributed by atoms with Gasteiger partial charge in [0.25, 0.3) is 5.91 Å². The molecule has 0 radical (unpaired) electrons. The average molecular weight is 439 g/mol. The van der Waals surface area contributed by atoms with Crippen LogP contribution in [0.3, 0.4) is 0 Å². The molecular weight excluding hydrogens is 408 g/mol. The first kappa shape index (κ1) is 24.7. The van der Waals surface area contributed by atoms with Gasteiger partial charge in [-0.2, -0.15) is 0 Å². The van der Waals surface area contributed by atoms with E-state index < -0.39 is 6.16 Å². The van der Waals surface area contributed by atoms with Crippen LogP contribution in [0.1, 0.15) is 50.5 Å². The molecule has 0 aliphatic rings. The molecule has 0 aromatic heterocycles. The van der Waals surface area contributed by atoms with Crippen LogP contribution in [0.5, 0.6) is 5.75 Å². The minimum Gasteiger partial charge on any atom is -0.434 e. The molecule has 0 unspecified atom stereocenters. The van der Waals surface area contributed by atoms with Crippen molar-refractivity contribution in [2.75, 3.05) is 11.9 Å². The fraction of sp³-hybridized carbons (Fsp3) is 0.320. The Labute approximate surface area is 188 Å². The topological polar surface area (TPSA) is 93.7 Å². The van der Waals surface area contributed by atoms with Crippen molar-refractivity contribution in [2.24, 2.45) is 5.41 Å². The number of para-hydroxylation sites is 1. The second-order valence-electron chi connectivity index (χ2n) is 8.22. The normalized spacial score (nSPS) is 11.5. The fourth-order valence-corrected chi connectivity index (χ4v) is 2.57. The summed E-state index contributed by atoms with van der Waals surface area (Å²) >= 11 is 0. The predicted molar refractivity (Wildman–Crippen MR) is 124 cm³/mol. The van der Waals surface area contributed by atoms with E-state index in [4.69, 9.17) is 9.47 Å². The van der Waals surface area contributed by atoms with Crippen LogP contribution >= 0.6 is 0 Å². The third-order valence-electron chi connectivity index (χ3n) is 4.83. The monoisotopic (exact) mass is 438 g/mol. The van der Waals surface area contributed by atoms with Gasteiger partial charge in [-0.15, -0.1) is 0 Å². The van der Waals surface area contributed by atoms with Gasteiger partial charge in [0.1, 0.15) is 5.75 Å². The Morgan fingerprint density at radius 1 is 1.00 bits per heavy atom. The molecule has 0 atom stereocenters. The number of hydrogen-bond donors (Lipinski definition) is 2. The first-order chi connectivity index (χ1) is 15.1. The summed E-state index contributed by atoms with van der Waals surface area (Å²) < 4.78 is 9.70. The van der Waals surface area contributed by atoms with Gasteiger partial charge in [-0.25, -0.2) is 4.79 Å². The quantitative estimate of drug-likeness (QED) is 0.357. The summed E-state index contributed by atoms with van der Waals surface area (Å²) in [5, 5.41) is 5.72. The smallest absolute Gasteiger partial charge is 0.434 e. The van der Waals surface area contributed by atoms with E-state index in [0.717, 1.165) is 11.1 Å². The Balaban J connectivity index is 2.00. The molecule has 0 aliphatic heterocycles. The summed E-state index contributed by atoms with van der Waals surface area (Å²) in [7, 11) is 0. The van der Waals surface area contributed by atoms with E-state index in [-0.39, 0.29) is 36.1 Å². The van der Waals surface area contributed by atoms with Crippen molar-refractivity contribution in [1.82, 2.24) is 5.32 Å². The third-order valence-corrected chi connectivity index (χ3v) is 4.83. The molecule has 0 saturated carbocycles. The molecule has 0 heterocycles. The van der Waals surface area contributed by atoms with Crippen LogP contribution in [0.15, 0.2) is 60.2 Å². The molecule has 7 heteroatoms. The van der Waals surface area contributed by atoms with Gasteiger partial charge in [0, 0.05) is 23.9 Å². The van der Waals surface area contributed by atoms with Crippen molar-refractivity contribution in [3.63, 3.8) is 0 Å². The third kappa shape index (κ3) is 7.58. The Morgan fingerprint density at radius 2 is 1.66 bits per heavy atom. The second-order valence-corrected chi connectivity index (χ2v) is 8.22. The lowest BCUT2D eigenvalue weighted by Crippen LogP contribution is -2.23. The summed E-state index contributed by atoms with van der Waals surface area (Å²) in [6.45, 7) is 10.2. The lowest BCUT2D eigenvalue weighted by atomic mass is 9.87. The van der Waals surface area contributed by atoms with E-state index in [2.05, 4.69) is 10.6 Å². The molecule has 2 aromatic rings. The number of hydrogen-bond acceptors (Lipinski definition) is 5. The van der Waals surface area contributed by atoms with Crippen molar-refractivity contribution in [3.05, 3.63) is 71.3 Å². The predicted octanol–water partition coefficient (Wildman–Crippen LogP) is 5.08. The van der Waals surface area contributed by atoms with Gasteiger partial charge in [0.2, 0.25) is 5.91 Å². The number of carbonyl (C=O) groups is 3. The highest BCUT2D eigenvalue weighted by Gasteiger charge is 2.15. The van der Waals surface area contributed by atoms with Gasteiger partial charge in [0.15, 0.2) is 0 Å². The van der Waals surface area contributed by atoms with Gasteiger partial charge in [-0.3, -0.25) is 9.59 Å². The molecule has 2 rings (SSSR count). The Bertz CT molecular complexity index is 988. The molecule has 7 nitrogen and oxygen atoms in total. The van der Waals surface area contributed by atoms with E-state index in [1.807, 2.05) is 45.9 Å². The summed E-state index contributed by atoms with van der Waals surface area (Å²) in [4.78, 5) is 36.3. The van der Waals surface area contributed by atoms with Crippen LogP contribution < -0.4 is 15.4 Å². The van der Waals surface area contributed by atoms with Crippen molar-refractivity contribution in [3.8, 4) is 5.75 Å². The Hall–Kier alpha value is -3.61. The minimum atomic E-state index is -0.795. The molecule has 0 spiro atoms. The van der Waals surface area contributed by atoms with Crippen LogP contribution in [0.4, 0.5) is 10.5 Å². The highest BCUT2D eigenvalue weighted by molar-refractivity contribution is 6.00. The van der Waals surface area contributed by atoms with Crippen LogP contribution in [0, 0.1) is 5.41 Å². The van der Waals surface area contributed by atoms with E-state index >= 15 is 0 Å². The van der Waals surface area contributed by atoms with Gasteiger partial charge in [-0.1, -0.05) is 44.5 Å². The van der Waals surface area contributed by atoms with E-state index in [9.17, 15) is 14.4 Å². The molecule has 2 aromatic carbocycles. The lowest BCUT2D eigenvalue weighted by Gasteiger charge is -2.19. The molecule has 170 valence electrons. The Kier molecular flexibility index (Phi) is 8.58. The van der Waals surface area contributed by atoms with Crippen molar-refractivity contribution in [2.45, 2.75) is 41.2 Å². The molecule has 2 amide bonds. The maximum Gasteiger partial charge on any atom is 0.513 e. The summed E-state index contributed by atoms with van der Waals surface area (Å²) in [5.74, 6) is -0.225. The van der Waals surface area contributed by atoms with E-state index in [0.29, 0.717) is 11.3 Å². The standard InChI is InChI=1S/C25H30N2O5/c1-6-31-24(30)32-20-13-11-18(12-14-20)23(29)26-16-19-9-7-8-10-21(19)27-22(28)15-17(2)25(3,4)5/h7-15H,6,16H2,1-5H3,(H,26,29)(H,27,28)/b17-15+. The molecule has 0 fully saturated rings. The number of amides is 2. The second kappa shape index (κ2) is 11.1. The number of rotatable bonds is 7. The van der Waals surface area contributed by atoms with Gasteiger partial charge in [0.05, 0.1) is 6.61 Å². The van der Waals surface area contributed by atoms with E-state index in [1.165, 1.54) is 12.1 Å². The zero-order chi connectivity index (χ0) is 23.7. The molecule has 0 aliphatic carbocycles. The lowest BCUT2D eigenvalue weighted by molar-refractivity contribution is -0.112. The molecule has 2 N–H and O–H groups in total. The highest BCUT2D eigenvalue weighted by atomic mass is 16.7. The zero-order valence-electron chi connectivity index (χ0n) is 19.2. The summed E-state index contributed by atoms with van der Waals surface area (Å²) in [5.41, 5.74) is 2.69. The zero-order valence-corrected chi connectivity index (χ0v) is 19.2. The number of allylic oxidation sites excluding steroid dienone is 1. The number of benzene rings is 2. The minimum absolute atomic E-state index is 0.0955. The highest BCUT2D eigenvalue weighted by Crippen LogP contribution is 2.24. The summed E-state index contributed by atoms with van der Waals surface area (Å²) in [6, 6.07) is 13.4. The number of ether oxygens (including phenoxy) is 2. The van der Waals surface area contributed by atoms with Gasteiger partial charge in [-0.05, 0) is 55.2 Å². The molecule has 32 heavy (non-hydrogen) atoms. The number of carbonyl (C=O) groups excluding carboxylic acids is 3. The average Bonchev–Trinajstić information content (AvgIpc) is 2.72. The van der Waals surface area contributed by atoms with Crippen molar-refractivity contribution < 1.29 is 23.9 Å². The first-order valence-corrected chi connectivity index (χ1v) is 10.4. The Morgan fingerprint density at radius 3 is 2.28 bits per heavy atom. The maximum atomic E-state index is 12.5. The van der Waals surface area contributed by atoms with E-state index in [1.54, 1.807) is 31.2 Å². The van der Waals surface area contributed by atoms with Crippen molar-refractivity contribution >= 4 is 23.7 Å². The molecule has 0 saturated heterocycles. The number of nitrogens with one attached hydrogen (secondary N) is 2. The molecular formula is C25H30N2O5. The first-order valence-electron chi connectivity index (χ1n) is 10.4. The largest absolute Gasteiger partial charge is 0.513 e. The van der Waals surface area contributed by atoms with Crippen molar-refractivity contribution in [1.29, 1.82) is 0 Å². The van der Waals surface area contributed by atoms with Crippen LogP contribution in [-0.4, -0.2) is 24.6 Å². The fourth-order valence-electron chi connectivity index (χ4n) is 2.57. The van der Waals surface area contributed by atoms with Crippen LogP contribution in [0.25, 0.3) is 0 Å². The maximum absolute atomic E-state index is 12.5. The SMILES string of the molecule is CCOC(=O)Oc1ccc(C(=O)NCc2ccccc2NC(=O)/C=C(\C)C(C)(C)C)cc1. The van der Waals surface area contributed by atoms with Gasteiger partial charge >= 0.3 is 6.16 Å². The number of anilines is 1. The van der Waals surface area contributed by atoms with Gasteiger partial charge < -0.3 is 20.1 Å². The van der Waals surface area contributed by atoms with Crippen LogP contribution in [-0.2, 0) is 16.1 Å².